The van der Waals surface area contributed by atoms with Crippen molar-refractivity contribution in [1.29, 1.82) is 0 Å². The number of oxazole rings is 1. The summed E-state index contributed by atoms with van der Waals surface area (Å²) in [4.78, 5) is 60.6. The molecule has 0 spiro atoms. The Bertz CT molecular complexity index is 1280. The molecule has 0 unspecified atom stereocenters. The highest BCUT2D eigenvalue weighted by molar-refractivity contribution is 7.07. The van der Waals surface area contributed by atoms with Crippen molar-refractivity contribution in [2.45, 2.75) is 57.7 Å². The summed E-state index contributed by atoms with van der Waals surface area (Å²) in [6, 6.07) is 7.04. The van der Waals surface area contributed by atoms with Crippen molar-refractivity contribution in [3.63, 3.8) is 0 Å². The van der Waals surface area contributed by atoms with E-state index in [9.17, 15) is 19.2 Å². The largest absolute Gasteiger partial charge is 0.446 e. The van der Waals surface area contributed by atoms with Crippen LogP contribution in [0.1, 0.15) is 71.6 Å². The van der Waals surface area contributed by atoms with Crippen molar-refractivity contribution in [2.75, 3.05) is 6.54 Å². The van der Waals surface area contributed by atoms with Gasteiger partial charge in [-0.2, -0.15) is 0 Å². The van der Waals surface area contributed by atoms with Crippen LogP contribution < -0.4 is 21.3 Å². The summed E-state index contributed by atoms with van der Waals surface area (Å²) in [5, 5.41) is 12.9. The van der Waals surface area contributed by atoms with E-state index in [4.69, 9.17) is 4.42 Å². The highest BCUT2D eigenvalue weighted by Crippen LogP contribution is 2.20. The lowest BCUT2D eigenvalue weighted by Crippen LogP contribution is -2.56. The normalized spacial score (nSPS) is 21.1. The fraction of sp³-hybridized carbons (Fsp3) is 0.407. The summed E-state index contributed by atoms with van der Waals surface area (Å²) in [6.07, 6.45) is 3.06. The molecule has 12 heteroatoms. The molecule has 206 valence electrons. The van der Waals surface area contributed by atoms with E-state index in [-0.39, 0.29) is 23.2 Å². The molecule has 0 saturated carbocycles. The zero-order valence-corrected chi connectivity index (χ0v) is 22.6. The van der Waals surface area contributed by atoms with Crippen LogP contribution in [0.2, 0.25) is 0 Å². The minimum atomic E-state index is -0.889. The van der Waals surface area contributed by atoms with Gasteiger partial charge >= 0.3 is 0 Å². The first-order chi connectivity index (χ1) is 18.8. The third-order valence-corrected chi connectivity index (χ3v) is 6.98. The van der Waals surface area contributed by atoms with Gasteiger partial charge in [-0.1, -0.05) is 44.2 Å². The summed E-state index contributed by atoms with van der Waals surface area (Å²) in [7, 11) is 0. The van der Waals surface area contributed by atoms with Crippen molar-refractivity contribution < 1.29 is 23.6 Å². The molecule has 1 aromatic carbocycles. The molecule has 0 aliphatic carbocycles. The Morgan fingerprint density at radius 3 is 2.64 bits per heavy atom. The molecule has 1 aliphatic heterocycles. The van der Waals surface area contributed by atoms with Crippen molar-refractivity contribution in [2.24, 2.45) is 5.92 Å². The van der Waals surface area contributed by atoms with Gasteiger partial charge in [0.2, 0.25) is 17.7 Å². The molecule has 11 nitrogen and oxygen atoms in total. The Morgan fingerprint density at radius 2 is 1.92 bits per heavy atom. The summed E-state index contributed by atoms with van der Waals surface area (Å²) in [5.41, 5.74) is 2.81. The molecule has 0 saturated heterocycles. The maximum absolute atomic E-state index is 13.5. The van der Waals surface area contributed by atoms with Gasteiger partial charge in [-0.3, -0.25) is 19.2 Å². The second kappa shape index (κ2) is 13.1. The molecule has 0 fully saturated rings. The van der Waals surface area contributed by atoms with Crippen LogP contribution in [0.5, 0.6) is 0 Å². The maximum atomic E-state index is 13.5. The number of carbonyl (C=O) groups is 4. The van der Waals surface area contributed by atoms with E-state index in [0.29, 0.717) is 32.2 Å². The number of rotatable bonds is 5. The van der Waals surface area contributed by atoms with Crippen LogP contribution in [-0.4, -0.2) is 52.2 Å². The minimum absolute atomic E-state index is 0.117. The van der Waals surface area contributed by atoms with Crippen LogP contribution in [0.4, 0.5) is 0 Å². The average molecular weight is 553 g/mol. The van der Waals surface area contributed by atoms with Gasteiger partial charge in [-0.25, -0.2) is 9.97 Å². The molecule has 2 bridgehead atoms. The zero-order chi connectivity index (χ0) is 27.8. The summed E-state index contributed by atoms with van der Waals surface area (Å²) >= 11 is 1.28. The van der Waals surface area contributed by atoms with Gasteiger partial charge < -0.3 is 25.7 Å². The molecule has 3 atom stereocenters. The van der Waals surface area contributed by atoms with Gasteiger partial charge in [-0.05, 0) is 30.7 Å². The van der Waals surface area contributed by atoms with Crippen LogP contribution >= 0.6 is 11.3 Å². The molecule has 0 radical (unpaired) electrons. The third kappa shape index (κ3) is 7.50. The van der Waals surface area contributed by atoms with Gasteiger partial charge in [0, 0.05) is 18.3 Å². The van der Waals surface area contributed by atoms with E-state index in [0.717, 1.165) is 5.56 Å². The van der Waals surface area contributed by atoms with Crippen molar-refractivity contribution in [3.8, 4) is 0 Å². The molecule has 39 heavy (non-hydrogen) atoms. The Hall–Kier alpha value is -4.06. The molecule has 1 aliphatic rings. The highest BCUT2D eigenvalue weighted by Gasteiger charge is 2.32. The maximum Gasteiger partial charge on any atom is 0.273 e. The fourth-order valence-corrected chi connectivity index (χ4v) is 4.78. The van der Waals surface area contributed by atoms with Gasteiger partial charge in [0.15, 0.2) is 5.69 Å². The van der Waals surface area contributed by atoms with Crippen LogP contribution in [-0.2, 0) is 16.0 Å². The topological polar surface area (TPSA) is 155 Å². The quantitative estimate of drug-likeness (QED) is 0.379. The second-order valence-electron chi connectivity index (χ2n) is 9.70. The van der Waals surface area contributed by atoms with Crippen molar-refractivity contribution in [3.05, 3.63) is 70.3 Å². The van der Waals surface area contributed by atoms with E-state index < -0.39 is 41.8 Å². The molecular formula is C27H32N6O5S. The van der Waals surface area contributed by atoms with Gasteiger partial charge in [0.25, 0.3) is 11.8 Å². The fourth-order valence-electron chi connectivity index (χ4n) is 4.24. The zero-order valence-electron chi connectivity index (χ0n) is 21.8. The first-order valence-corrected chi connectivity index (χ1v) is 13.8. The lowest BCUT2D eigenvalue weighted by molar-refractivity contribution is -0.131. The first kappa shape index (κ1) is 28.0. The SMILES string of the molecule is CC(C)[C@@H]1NC(=O)[C@@H](NC(=O)c2cscn2)CCCCNC(=O)c2coc(n2)[C@@H](Cc2ccccc2)NC1=O. The van der Waals surface area contributed by atoms with Gasteiger partial charge in [0.1, 0.15) is 30.1 Å². The van der Waals surface area contributed by atoms with Crippen LogP contribution in [0, 0.1) is 5.92 Å². The lowest BCUT2D eigenvalue weighted by Gasteiger charge is -2.27. The molecule has 2 aromatic heterocycles. The number of fused-ring (bicyclic) bond motifs is 2. The molecule has 3 aromatic rings. The smallest absolute Gasteiger partial charge is 0.273 e. The predicted molar refractivity (Wildman–Crippen MR) is 144 cm³/mol. The standard InChI is InChI=1S/C27H32N6O5S/c1-16(2)22-26(37)31-19(12-17-8-4-3-5-9-17)27-32-20(13-38-27)23(34)28-11-7-6-10-18(24(35)33-22)30-25(36)21-14-39-15-29-21/h3-5,8-9,13-16,18-19,22H,6-7,10-12H2,1-2H3,(H,28,34)(H,30,36)(H,31,37)(H,33,35)/t18-,19+,22-/m0/s1. The lowest BCUT2D eigenvalue weighted by atomic mass is 10.00. The molecule has 4 rings (SSSR count). The number of hydrogen-bond donors (Lipinski definition) is 4. The van der Waals surface area contributed by atoms with Crippen molar-refractivity contribution in [1.82, 2.24) is 31.2 Å². The van der Waals surface area contributed by atoms with E-state index in [1.165, 1.54) is 23.1 Å². The number of nitrogens with one attached hydrogen (secondary N) is 4. The number of benzene rings is 1. The van der Waals surface area contributed by atoms with E-state index >= 15 is 0 Å². The van der Waals surface area contributed by atoms with Gasteiger partial charge in [-0.15, -0.1) is 11.3 Å². The predicted octanol–water partition coefficient (Wildman–Crippen LogP) is 2.38. The summed E-state index contributed by atoms with van der Waals surface area (Å²) in [5.74, 6) is -1.83. The Labute approximate surface area is 230 Å². The molecule has 4 amide bonds. The molecular weight excluding hydrogens is 520 g/mol. The molecule has 4 N–H and O–H groups in total. The van der Waals surface area contributed by atoms with Gasteiger partial charge in [0.05, 0.1) is 5.51 Å². The number of carbonyl (C=O) groups excluding carboxylic acids is 4. The first-order valence-electron chi connectivity index (χ1n) is 12.9. The van der Waals surface area contributed by atoms with Crippen LogP contribution in [0.25, 0.3) is 0 Å². The number of aromatic nitrogens is 2. The number of thiazole rings is 1. The Kier molecular flexibility index (Phi) is 9.42. The summed E-state index contributed by atoms with van der Waals surface area (Å²) in [6.45, 7) is 4.01. The summed E-state index contributed by atoms with van der Waals surface area (Å²) < 4.78 is 5.63. The van der Waals surface area contributed by atoms with Crippen molar-refractivity contribution >= 4 is 35.0 Å². The Balaban J connectivity index is 1.60. The van der Waals surface area contributed by atoms with Crippen LogP contribution in [0.3, 0.4) is 0 Å². The third-order valence-electron chi connectivity index (χ3n) is 6.39. The highest BCUT2D eigenvalue weighted by atomic mass is 32.1. The average Bonchev–Trinajstić information content (AvgIpc) is 3.63. The van der Waals surface area contributed by atoms with Crippen LogP contribution in [0.15, 0.2) is 51.9 Å². The molecule has 3 heterocycles. The van der Waals surface area contributed by atoms with E-state index in [1.54, 1.807) is 5.38 Å². The number of hydrogen-bond acceptors (Lipinski definition) is 8. The van der Waals surface area contributed by atoms with E-state index in [1.807, 2.05) is 44.2 Å². The number of amides is 4. The van der Waals surface area contributed by atoms with E-state index in [2.05, 4.69) is 31.2 Å². The Morgan fingerprint density at radius 1 is 1.13 bits per heavy atom. The minimum Gasteiger partial charge on any atom is -0.446 e. The monoisotopic (exact) mass is 552 g/mol. The number of nitrogens with zero attached hydrogens (tertiary/aromatic N) is 2. The second-order valence-corrected chi connectivity index (χ2v) is 10.4.